The van der Waals surface area contributed by atoms with Gasteiger partial charge in [0, 0.05) is 38.7 Å². The summed E-state index contributed by atoms with van der Waals surface area (Å²) in [5, 5.41) is 22.0. The van der Waals surface area contributed by atoms with Crippen LogP contribution in [0.2, 0.25) is 0 Å². The summed E-state index contributed by atoms with van der Waals surface area (Å²) in [6.45, 7) is 2.78. The van der Waals surface area contributed by atoms with Gasteiger partial charge in [0.25, 0.3) is 5.91 Å². The lowest BCUT2D eigenvalue weighted by molar-refractivity contribution is 0.0520. The van der Waals surface area contributed by atoms with Crippen LogP contribution in [-0.2, 0) is 17.7 Å². The number of carbonyl (C=O) groups excluding carboxylic acids is 1. The summed E-state index contributed by atoms with van der Waals surface area (Å²) in [5.41, 5.74) is 3.76. The van der Waals surface area contributed by atoms with E-state index in [1.165, 1.54) is 10.5 Å². The zero-order valence-corrected chi connectivity index (χ0v) is 17.3. The maximum absolute atomic E-state index is 12.8. The Hall–Kier alpha value is -2.45. The number of fused-ring (bicyclic) bond motifs is 3. The highest BCUT2D eigenvalue weighted by Gasteiger charge is 2.17. The fourth-order valence-corrected chi connectivity index (χ4v) is 3.43. The first kappa shape index (κ1) is 22.2. The van der Waals surface area contributed by atoms with Crippen LogP contribution in [0.15, 0.2) is 42.5 Å². The Kier molecular flexibility index (Phi) is 8.21. The van der Waals surface area contributed by atoms with Crippen molar-refractivity contribution in [3.63, 3.8) is 0 Å². The fraction of sp³-hybridized carbons (Fsp3) is 0.435. The molecule has 0 aliphatic carbocycles. The van der Waals surface area contributed by atoms with Gasteiger partial charge in [-0.25, -0.2) is 0 Å². The molecule has 1 unspecified atom stereocenters. The second-order valence-corrected chi connectivity index (χ2v) is 7.48. The molecular weight excluding hydrogens is 384 g/mol. The molecule has 7 nitrogen and oxygen atoms in total. The summed E-state index contributed by atoms with van der Waals surface area (Å²) in [7, 11) is 1.61. The van der Waals surface area contributed by atoms with E-state index in [2.05, 4.69) is 23.5 Å². The average Bonchev–Trinajstić information content (AvgIpc) is 2.75. The second-order valence-electron chi connectivity index (χ2n) is 7.48. The van der Waals surface area contributed by atoms with Gasteiger partial charge in [-0.05, 0) is 34.9 Å². The maximum atomic E-state index is 12.8. The molecule has 3 rings (SSSR count). The van der Waals surface area contributed by atoms with Crippen LogP contribution < -0.4 is 10.1 Å². The van der Waals surface area contributed by atoms with Crippen LogP contribution in [0.5, 0.6) is 5.75 Å². The number of hydrogen-bond donors (Lipinski definition) is 3. The molecule has 1 aliphatic rings. The van der Waals surface area contributed by atoms with Crippen molar-refractivity contribution >= 4 is 5.91 Å². The molecule has 30 heavy (non-hydrogen) atoms. The molecule has 2 aromatic rings. The number of hydrogen-bond acceptors (Lipinski definition) is 6. The van der Waals surface area contributed by atoms with E-state index in [1.807, 2.05) is 18.2 Å². The first-order valence-corrected chi connectivity index (χ1v) is 10.2. The van der Waals surface area contributed by atoms with Crippen molar-refractivity contribution in [3.05, 3.63) is 64.7 Å². The van der Waals surface area contributed by atoms with Crippen LogP contribution in [0, 0.1) is 0 Å². The predicted molar refractivity (Wildman–Crippen MR) is 114 cm³/mol. The molecule has 162 valence electrons. The molecule has 0 radical (unpaired) electrons. The molecule has 0 saturated carbocycles. The highest BCUT2D eigenvalue weighted by molar-refractivity contribution is 5.94. The third kappa shape index (κ3) is 6.27. The molecule has 1 atom stereocenters. The van der Waals surface area contributed by atoms with E-state index >= 15 is 0 Å². The van der Waals surface area contributed by atoms with Gasteiger partial charge in [-0.15, -0.1) is 0 Å². The molecule has 0 saturated heterocycles. The van der Waals surface area contributed by atoms with Gasteiger partial charge in [-0.2, -0.15) is 0 Å². The van der Waals surface area contributed by atoms with Crippen LogP contribution >= 0.6 is 0 Å². The molecule has 2 bridgehead atoms. The van der Waals surface area contributed by atoms with Crippen molar-refractivity contribution in [3.8, 4) is 5.75 Å². The number of carbonyl (C=O) groups is 1. The Bertz CT molecular complexity index is 842. The van der Waals surface area contributed by atoms with E-state index in [9.17, 15) is 9.90 Å². The minimum atomic E-state index is -0.962. The number of nitrogens with one attached hydrogen (secondary N) is 1. The normalized spacial score (nSPS) is 16.0. The van der Waals surface area contributed by atoms with Gasteiger partial charge in [0.05, 0.1) is 25.9 Å². The summed E-state index contributed by atoms with van der Waals surface area (Å²) in [6.07, 6.45) is -0.329. The highest BCUT2D eigenvalue weighted by Crippen LogP contribution is 2.25. The van der Waals surface area contributed by atoms with Crippen LogP contribution in [0.1, 0.15) is 27.0 Å². The lowest BCUT2D eigenvalue weighted by Crippen LogP contribution is -2.35. The monoisotopic (exact) mass is 414 g/mol. The molecule has 1 amide bonds. The van der Waals surface area contributed by atoms with Gasteiger partial charge < -0.3 is 29.9 Å². The number of likely N-dealkylation sites (N-methyl/N-ethyl adjacent to an activating group) is 1. The largest absolute Gasteiger partial charge is 0.491 e. The number of aliphatic hydroxyl groups excluding tert-OH is 2. The van der Waals surface area contributed by atoms with E-state index in [0.29, 0.717) is 31.8 Å². The number of aliphatic hydroxyl groups is 2. The van der Waals surface area contributed by atoms with E-state index in [-0.39, 0.29) is 19.1 Å². The number of nitrogens with zero attached hydrogens (tertiary/aromatic N) is 1. The van der Waals surface area contributed by atoms with Gasteiger partial charge >= 0.3 is 0 Å². The lowest BCUT2D eigenvalue weighted by Gasteiger charge is -2.21. The quantitative estimate of drug-likeness (QED) is 0.697. The Labute approximate surface area is 177 Å². The minimum absolute atomic E-state index is 0.0648. The summed E-state index contributed by atoms with van der Waals surface area (Å²) < 4.78 is 11.5. The first-order chi connectivity index (χ1) is 14.6. The topological polar surface area (TPSA) is 91.3 Å². The number of ether oxygens (including phenoxy) is 2. The summed E-state index contributed by atoms with van der Waals surface area (Å²) >= 11 is 0. The Morgan fingerprint density at radius 2 is 2.00 bits per heavy atom. The van der Waals surface area contributed by atoms with E-state index < -0.39 is 6.10 Å². The number of benzene rings is 2. The molecule has 0 spiro atoms. The van der Waals surface area contributed by atoms with Gasteiger partial charge in [0.2, 0.25) is 0 Å². The van der Waals surface area contributed by atoms with Crippen molar-refractivity contribution in [2.24, 2.45) is 0 Å². The Morgan fingerprint density at radius 3 is 2.83 bits per heavy atom. The van der Waals surface area contributed by atoms with E-state index in [1.54, 1.807) is 13.1 Å². The number of rotatable bonds is 4. The second kappa shape index (κ2) is 11.1. The predicted octanol–water partition coefficient (Wildman–Crippen LogP) is 1.20. The van der Waals surface area contributed by atoms with Crippen LogP contribution in [0.4, 0.5) is 0 Å². The molecule has 3 N–H and O–H groups in total. The highest BCUT2D eigenvalue weighted by atomic mass is 16.5. The van der Waals surface area contributed by atoms with Crippen LogP contribution in [0.25, 0.3) is 0 Å². The average molecular weight is 415 g/mol. The smallest absolute Gasteiger partial charge is 0.253 e. The standard InChI is InChI=1S/C23H30N2O5/c1-25(15-21(27)16-26)23(28)19-5-6-22-20(13-19)12-17-3-2-4-18(11-17)14-24-7-8-29-9-10-30-22/h2-6,11,13,21,24,26-27H,7-10,12,14-16H2,1H3. The van der Waals surface area contributed by atoms with Crippen molar-refractivity contribution in [1.29, 1.82) is 0 Å². The van der Waals surface area contributed by atoms with Gasteiger partial charge in [0.15, 0.2) is 0 Å². The minimum Gasteiger partial charge on any atom is -0.491 e. The molecule has 1 heterocycles. The van der Waals surface area contributed by atoms with Gasteiger partial charge in [0.1, 0.15) is 12.4 Å². The lowest BCUT2D eigenvalue weighted by atomic mass is 9.99. The van der Waals surface area contributed by atoms with Crippen molar-refractivity contribution in [1.82, 2.24) is 10.2 Å². The van der Waals surface area contributed by atoms with Crippen molar-refractivity contribution in [2.75, 3.05) is 46.6 Å². The van der Waals surface area contributed by atoms with Crippen LogP contribution in [-0.4, -0.2) is 73.7 Å². The maximum Gasteiger partial charge on any atom is 0.253 e. The third-order valence-electron chi connectivity index (χ3n) is 4.97. The summed E-state index contributed by atoms with van der Waals surface area (Å²) in [4.78, 5) is 14.2. The van der Waals surface area contributed by atoms with Crippen molar-refractivity contribution < 1.29 is 24.5 Å². The van der Waals surface area contributed by atoms with E-state index in [4.69, 9.17) is 14.6 Å². The van der Waals surface area contributed by atoms with Gasteiger partial charge in [-0.1, -0.05) is 24.3 Å². The van der Waals surface area contributed by atoms with Gasteiger partial charge in [-0.3, -0.25) is 4.79 Å². The zero-order valence-electron chi connectivity index (χ0n) is 17.3. The Morgan fingerprint density at radius 1 is 1.17 bits per heavy atom. The Balaban J connectivity index is 1.86. The third-order valence-corrected chi connectivity index (χ3v) is 4.97. The SMILES string of the molecule is CN(CC(O)CO)C(=O)c1ccc2c(c1)Cc1cccc(c1)CNCCOCCO2. The van der Waals surface area contributed by atoms with Crippen LogP contribution in [0.3, 0.4) is 0 Å². The summed E-state index contributed by atoms with van der Waals surface area (Å²) in [6, 6.07) is 13.7. The molecule has 0 fully saturated rings. The fourth-order valence-electron chi connectivity index (χ4n) is 3.43. The molecule has 2 aromatic carbocycles. The summed E-state index contributed by atoms with van der Waals surface area (Å²) in [5.74, 6) is 0.514. The molecule has 0 aromatic heterocycles. The molecule has 7 heteroatoms. The van der Waals surface area contributed by atoms with Crippen molar-refractivity contribution in [2.45, 2.75) is 19.1 Å². The first-order valence-electron chi connectivity index (χ1n) is 10.2. The zero-order chi connectivity index (χ0) is 21.3. The number of amides is 1. The van der Waals surface area contributed by atoms with E-state index in [0.717, 1.165) is 30.0 Å². The molecule has 1 aliphatic heterocycles. The molecular formula is C23H30N2O5.